The molecule has 2 aliphatic rings. The first-order valence-corrected chi connectivity index (χ1v) is 12.3. The second-order valence-corrected chi connectivity index (χ2v) is 10.2. The Bertz CT molecular complexity index is 1170. The molecule has 1 fully saturated rings. The molecule has 9 nitrogen and oxygen atoms in total. The van der Waals surface area contributed by atoms with Crippen molar-refractivity contribution in [1.82, 2.24) is 9.21 Å². The molecule has 2 aromatic rings. The van der Waals surface area contributed by atoms with Gasteiger partial charge in [-0.2, -0.15) is 4.31 Å². The standard InChI is InChI=1S/C23H28N4O5S/c1-4-20-22(28)24-19-15-18(8-9-21(19)32-20)33(30,31)27-12-10-26(11-13-27)23(29)16-6-5-7-17(14-16)25(2)3/h5-9,14-15,20H,4,10-13H2,1-3H3,(H,24,28)/t20-/m0/s1. The highest BCUT2D eigenvalue weighted by molar-refractivity contribution is 7.89. The van der Waals surface area contributed by atoms with Crippen LogP contribution in [0.4, 0.5) is 11.4 Å². The van der Waals surface area contributed by atoms with E-state index in [0.717, 1.165) is 5.69 Å². The number of sulfonamides is 1. The average Bonchev–Trinajstić information content (AvgIpc) is 2.82. The number of piperazine rings is 1. The summed E-state index contributed by atoms with van der Waals surface area (Å²) in [5.41, 5.74) is 1.85. The second kappa shape index (κ2) is 9.03. The van der Waals surface area contributed by atoms with Crippen molar-refractivity contribution in [3.05, 3.63) is 48.0 Å². The van der Waals surface area contributed by atoms with Crippen molar-refractivity contribution in [3.8, 4) is 5.75 Å². The van der Waals surface area contributed by atoms with Crippen molar-refractivity contribution in [2.45, 2.75) is 24.3 Å². The molecule has 4 rings (SSSR count). The van der Waals surface area contributed by atoms with Crippen molar-refractivity contribution in [2.24, 2.45) is 0 Å². The Morgan fingerprint density at radius 2 is 1.85 bits per heavy atom. The highest BCUT2D eigenvalue weighted by atomic mass is 32.2. The summed E-state index contributed by atoms with van der Waals surface area (Å²) < 4.78 is 33.4. The molecule has 0 saturated carbocycles. The molecular formula is C23H28N4O5S. The Morgan fingerprint density at radius 3 is 2.52 bits per heavy atom. The molecule has 2 amide bonds. The Balaban J connectivity index is 1.45. The van der Waals surface area contributed by atoms with Crippen molar-refractivity contribution in [1.29, 1.82) is 0 Å². The minimum absolute atomic E-state index is 0.0820. The normalized spacial score (nSPS) is 18.8. The third kappa shape index (κ3) is 4.53. The van der Waals surface area contributed by atoms with Gasteiger partial charge < -0.3 is 19.9 Å². The lowest BCUT2D eigenvalue weighted by Gasteiger charge is -2.34. The molecule has 1 N–H and O–H groups in total. The highest BCUT2D eigenvalue weighted by Crippen LogP contribution is 2.33. The van der Waals surface area contributed by atoms with E-state index in [1.165, 1.54) is 16.4 Å². The van der Waals surface area contributed by atoms with Crippen LogP contribution in [0, 0.1) is 0 Å². The van der Waals surface area contributed by atoms with Gasteiger partial charge in [0.05, 0.1) is 10.6 Å². The molecule has 33 heavy (non-hydrogen) atoms. The molecule has 10 heteroatoms. The van der Waals surface area contributed by atoms with Crippen LogP contribution in [0.1, 0.15) is 23.7 Å². The SMILES string of the molecule is CC[C@@H]1Oc2ccc(S(=O)(=O)N3CCN(C(=O)c4cccc(N(C)C)c4)CC3)cc2NC1=O. The first-order valence-electron chi connectivity index (χ1n) is 10.9. The van der Waals surface area contributed by atoms with Crippen LogP contribution in [0.15, 0.2) is 47.4 Å². The van der Waals surface area contributed by atoms with Crippen molar-refractivity contribution < 1.29 is 22.7 Å². The number of nitrogens with zero attached hydrogens (tertiary/aromatic N) is 3. The van der Waals surface area contributed by atoms with Gasteiger partial charge in [-0.25, -0.2) is 8.42 Å². The van der Waals surface area contributed by atoms with Crippen molar-refractivity contribution >= 4 is 33.2 Å². The van der Waals surface area contributed by atoms with Gasteiger partial charge in [0.2, 0.25) is 10.0 Å². The fraction of sp³-hybridized carbons (Fsp3) is 0.391. The number of hydrogen-bond donors (Lipinski definition) is 1. The quantitative estimate of drug-likeness (QED) is 0.715. The van der Waals surface area contributed by atoms with E-state index in [-0.39, 0.29) is 29.8 Å². The zero-order valence-electron chi connectivity index (χ0n) is 18.9. The molecule has 2 aromatic carbocycles. The molecule has 0 radical (unpaired) electrons. The van der Waals surface area contributed by atoms with E-state index in [2.05, 4.69) is 5.32 Å². The number of ether oxygens (including phenoxy) is 1. The van der Waals surface area contributed by atoms with Gasteiger partial charge in [0.25, 0.3) is 11.8 Å². The maximum absolute atomic E-state index is 13.2. The molecule has 1 saturated heterocycles. The molecule has 0 spiro atoms. The van der Waals surface area contributed by atoms with Gasteiger partial charge in [0.15, 0.2) is 6.10 Å². The molecule has 2 aliphatic heterocycles. The first-order chi connectivity index (χ1) is 15.7. The van der Waals surface area contributed by atoms with Crippen LogP contribution >= 0.6 is 0 Å². The van der Waals surface area contributed by atoms with Crippen molar-refractivity contribution in [3.63, 3.8) is 0 Å². The van der Waals surface area contributed by atoms with Gasteiger partial charge in [0.1, 0.15) is 5.75 Å². The largest absolute Gasteiger partial charge is 0.478 e. The summed E-state index contributed by atoms with van der Waals surface area (Å²) in [6.45, 7) is 2.83. The third-order valence-electron chi connectivity index (χ3n) is 5.91. The zero-order chi connectivity index (χ0) is 23.8. The second-order valence-electron chi connectivity index (χ2n) is 8.30. The predicted molar refractivity (Wildman–Crippen MR) is 125 cm³/mol. The summed E-state index contributed by atoms with van der Waals surface area (Å²) >= 11 is 0. The summed E-state index contributed by atoms with van der Waals surface area (Å²) in [5.74, 6) is 0.0515. The van der Waals surface area contributed by atoms with E-state index >= 15 is 0 Å². The van der Waals surface area contributed by atoms with Gasteiger partial charge in [-0.05, 0) is 42.8 Å². The Hall–Kier alpha value is -3.11. The number of benzene rings is 2. The minimum Gasteiger partial charge on any atom is -0.478 e. The molecule has 0 aliphatic carbocycles. The van der Waals surface area contributed by atoms with E-state index in [0.29, 0.717) is 36.5 Å². The molecule has 0 aromatic heterocycles. The number of fused-ring (bicyclic) bond motifs is 1. The number of hydrogen-bond acceptors (Lipinski definition) is 6. The van der Waals surface area contributed by atoms with Crippen LogP contribution in [0.5, 0.6) is 5.75 Å². The number of carbonyl (C=O) groups is 2. The molecule has 1 atom stereocenters. The smallest absolute Gasteiger partial charge is 0.265 e. The summed E-state index contributed by atoms with van der Waals surface area (Å²) in [6, 6.07) is 11.9. The van der Waals surface area contributed by atoms with E-state index in [1.807, 2.05) is 44.1 Å². The third-order valence-corrected chi connectivity index (χ3v) is 7.81. The predicted octanol–water partition coefficient (Wildman–Crippen LogP) is 2.01. The van der Waals surface area contributed by atoms with Gasteiger partial charge in [0, 0.05) is 51.5 Å². The fourth-order valence-electron chi connectivity index (χ4n) is 3.94. The van der Waals surface area contributed by atoms with Gasteiger partial charge in [-0.1, -0.05) is 13.0 Å². The summed E-state index contributed by atoms with van der Waals surface area (Å²) in [6.07, 6.45) is -0.0581. The van der Waals surface area contributed by atoms with Crippen LogP contribution in [0.2, 0.25) is 0 Å². The maximum Gasteiger partial charge on any atom is 0.265 e. The summed E-state index contributed by atoms with van der Waals surface area (Å²) in [4.78, 5) is 28.7. The topological polar surface area (TPSA) is 99.3 Å². The molecule has 2 heterocycles. The minimum atomic E-state index is -3.78. The number of rotatable bonds is 5. The van der Waals surface area contributed by atoms with Crippen LogP contribution in [0.3, 0.4) is 0 Å². The van der Waals surface area contributed by atoms with Crippen LogP contribution in [-0.4, -0.2) is 75.8 Å². The monoisotopic (exact) mass is 472 g/mol. The average molecular weight is 473 g/mol. The van der Waals surface area contributed by atoms with E-state index in [1.54, 1.807) is 17.0 Å². The lowest BCUT2D eigenvalue weighted by Crippen LogP contribution is -2.50. The van der Waals surface area contributed by atoms with E-state index in [9.17, 15) is 18.0 Å². The lowest BCUT2D eigenvalue weighted by molar-refractivity contribution is -0.123. The Morgan fingerprint density at radius 1 is 1.12 bits per heavy atom. The number of anilines is 2. The molecule has 0 unspecified atom stereocenters. The highest BCUT2D eigenvalue weighted by Gasteiger charge is 2.32. The lowest BCUT2D eigenvalue weighted by atomic mass is 10.1. The molecule has 176 valence electrons. The number of carbonyl (C=O) groups excluding carboxylic acids is 2. The van der Waals surface area contributed by atoms with Gasteiger partial charge >= 0.3 is 0 Å². The van der Waals surface area contributed by atoms with Gasteiger partial charge in [-0.3, -0.25) is 9.59 Å². The van der Waals surface area contributed by atoms with Crippen LogP contribution in [-0.2, 0) is 14.8 Å². The number of nitrogens with one attached hydrogen (secondary N) is 1. The summed E-state index contributed by atoms with van der Waals surface area (Å²) in [7, 11) is 0.0387. The fourth-order valence-corrected chi connectivity index (χ4v) is 5.39. The van der Waals surface area contributed by atoms with E-state index < -0.39 is 16.1 Å². The van der Waals surface area contributed by atoms with Gasteiger partial charge in [-0.15, -0.1) is 0 Å². The molecular weight excluding hydrogens is 444 g/mol. The zero-order valence-corrected chi connectivity index (χ0v) is 19.8. The van der Waals surface area contributed by atoms with Crippen molar-refractivity contribution in [2.75, 3.05) is 50.5 Å². The Labute approximate surface area is 194 Å². The molecule has 0 bridgehead atoms. The van der Waals surface area contributed by atoms with Crippen LogP contribution < -0.4 is 15.0 Å². The number of amides is 2. The van der Waals surface area contributed by atoms with E-state index in [4.69, 9.17) is 4.74 Å². The van der Waals surface area contributed by atoms with Crippen LogP contribution in [0.25, 0.3) is 0 Å². The Kier molecular flexibility index (Phi) is 6.31. The first kappa shape index (κ1) is 23.1. The maximum atomic E-state index is 13.2. The summed E-state index contributed by atoms with van der Waals surface area (Å²) in [5, 5.41) is 2.73.